The number of esters is 2. The van der Waals surface area contributed by atoms with Crippen molar-refractivity contribution in [2.45, 2.75) is 94.2 Å². The van der Waals surface area contributed by atoms with Crippen LogP contribution >= 0.6 is 0 Å². The summed E-state index contributed by atoms with van der Waals surface area (Å²) < 4.78 is 17.1. The summed E-state index contributed by atoms with van der Waals surface area (Å²) in [5.74, 6) is -3.36. The maximum absolute atomic E-state index is 13.0. The van der Waals surface area contributed by atoms with Crippen LogP contribution in [0.1, 0.15) is 57.6 Å². The molecule has 0 spiro atoms. The molecule has 0 aromatic heterocycles. The van der Waals surface area contributed by atoms with Crippen LogP contribution in [0, 0.1) is 0 Å². The molecule has 13 heteroatoms. The molecule has 4 rings (SSSR count). The van der Waals surface area contributed by atoms with Gasteiger partial charge in [0.1, 0.15) is 11.8 Å². The molecule has 224 valence electrons. The normalized spacial score (nSPS) is 27.8. The SMILES string of the molecule is CC[C@]12c3c4ccc(O)c3O[C@H]1C(OC(=O)[C@H](C)OC(=O)[C@H](C)NC(=O)[C@@H](N)CCC(=O)O)=CC[C@@]2(O)[C@H](NC)C4. The first-order valence-corrected chi connectivity index (χ1v) is 13.6. The van der Waals surface area contributed by atoms with Crippen LogP contribution in [-0.2, 0) is 40.5 Å². The topological polar surface area (TPSA) is 207 Å². The third-order valence-electron chi connectivity index (χ3n) is 8.47. The maximum Gasteiger partial charge on any atom is 0.352 e. The van der Waals surface area contributed by atoms with Crippen molar-refractivity contribution < 1.29 is 48.7 Å². The van der Waals surface area contributed by atoms with Crippen LogP contribution < -0.4 is 21.1 Å². The molecule has 41 heavy (non-hydrogen) atoms. The Bertz CT molecular complexity index is 1280. The van der Waals surface area contributed by atoms with Gasteiger partial charge in [-0.1, -0.05) is 13.0 Å². The summed E-state index contributed by atoms with van der Waals surface area (Å²) >= 11 is 0. The number of likely N-dealkylation sites (N-methyl/N-ethyl adjacent to an activating group) is 1. The number of hydrogen-bond donors (Lipinski definition) is 6. The van der Waals surface area contributed by atoms with E-state index in [0.29, 0.717) is 18.4 Å². The van der Waals surface area contributed by atoms with Crippen molar-refractivity contribution in [3.8, 4) is 11.5 Å². The van der Waals surface area contributed by atoms with E-state index in [1.165, 1.54) is 13.8 Å². The number of carbonyl (C=O) groups is 4. The number of carboxylic acids is 1. The Morgan fingerprint density at radius 2 is 1.93 bits per heavy atom. The van der Waals surface area contributed by atoms with Gasteiger partial charge < -0.3 is 45.9 Å². The summed E-state index contributed by atoms with van der Waals surface area (Å²) in [5, 5.41) is 37.0. The number of carboxylic acid groups (broad SMARTS) is 1. The molecule has 7 atom stereocenters. The monoisotopic (exact) mass is 575 g/mol. The van der Waals surface area contributed by atoms with Crippen molar-refractivity contribution in [1.82, 2.24) is 10.6 Å². The van der Waals surface area contributed by atoms with E-state index in [2.05, 4.69) is 10.6 Å². The third kappa shape index (κ3) is 5.02. The highest BCUT2D eigenvalue weighted by Crippen LogP contribution is 2.63. The van der Waals surface area contributed by atoms with E-state index in [1.54, 1.807) is 19.2 Å². The van der Waals surface area contributed by atoms with Crippen LogP contribution in [0.15, 0.2) is 24.0 Å². The van der Waals surface area contributed by atoms with E-state index >= 15 is 0 Å². The summed E-state index contributed by atoms with van der Waals surface area (Å²) in [7, 11) is 1.77. The molecule has 1 amide bonds. The molecular formula is C28H37N3O10. The number of nitrogens with two attached hydrogens (primary N) is 1. The fourth-order valence-electron chi connectivity index (χ4n) is 6.29. The van der Waals surface area contributed by atoms with Gasteiger partial charge in [-0.05, 0) is 57.9 Å². The highest BCUT2D eigenvalue weighted by molar-refractivity contribution is 5.88. The predicted molar refractivity (Wildman–Crippen MR) is 143 cm³/mol. The number of amides is 1. The molecule has 7 N–H and O–H groups in total. The summed E-state index contributed by atoms with van der Waals surface area (Å²) in [5.41, 5.74) is 4.95. The van der Waals surface area contributed by atoms with Crippen molar-refractivity contribution in [3.05, 3.63) is 35.1 Å². The minimum Gasteiger partial charge on any atom is -0.504 e. The molecule has 0 saturated carbocycles. The van der Waals surface area contributed by atoms with Crippen LogP contribution in [0.5, 0.6) is 11.5 Å². The average molecular weight is 576 g/mol. The number of phenolic OH excluding ortho intramolecular Hbond substituents is 1. The highest BCUT2D eigenvalue weighted by atomic mass is 16.6. The molecule has 0 radical (unpaired) electrons. The van der Waals surface area contributed by atoms with Gasteiger partial charge in [-0.15, -0.1) is 0 Å². The molecular weight excluding hydrogens is 538 g/mol. The Labute approximate surface area is 237 Å². The Morgan fingerprint density at radius 3 is 2.56 bits per heavy atom. The summed E-state index contributed by atoms with van der Waals surface area (Å²) in [6.45, 7) is 4.56. The van der Waals surface area contributed by atoms with E-state index in [1.807, 2.05) is 13.0 Å². The van der Waals surface area contributed by atoms with Crippen LogP contribution in [0.2, 0.25) is 0 Å². The van der Waals surface area contributed by atoms with Gasteiger partial charge in [-0.3, -0.25) is 9.59 Å². The molecule has 0 fully saturated rings. The lowest BCUT2D eigenvalue weighted by Gasteiger charge is -2.56. The van der Waals surface area contributed by atoms with Crippen molar-refractivity contribution >= 4 is 23.8 Å². The second-order valence-corrected chi connectivity index (χ2v) is 10.8. The number of phenols is 1. The molecule has 3 aliphatic rings. The van der Waals surface area contributed by atoms with Crippen LogP contribution in [0.25, 0.3) is 0 Å². The van der Waals surface area contributed by atoms with Crippen molar-refractivity contribution in [2.24, 2.45) is 5.73 Å². The number of carbonyl (C=O) groups excluding carboxylic acids is 3. The van der Waals surface area contributed by atoms with E-state index in [-0.39, 0.29) is 42.6 Å². The summed E-state index contributed by atoms with van der Waals surface area (Å²) in [4.78, 5) is 48.5. The van der Waals surface area contributed by atoms with Gasteiger partial charge in [0.15, 0.2) is 23.7 Å². The Balaban J connectivity index is 1.48. The fraction of sp³-hybridized carbons (Fsp3) is 0.571. The first-order valence-electron chi connectivity index (χ1n) is 13.6. The van der Waals surface area contributed by atoms with Gasteiger partial charge in [0.2, 0.25) is 5.91 Å². The first kappa shape index (κ1) is 30.3. The van der Waals surface area contributed by atoms with Gasteiger partial charge in [-0.2, -0.15) is 0 Å². The van der Waals surface area contributed by atoms with Gasteiger partial charge in [0, 0.05) is 24.4 Å². The lowest BCUT2D eigenvalue weighted by Crippen LogP contribution is -2.70. The van der Waals surface area contributed by atoms with Gasteiger partial charge in [0.05, 0.1) is 17.1 Å². The average Bonchev–Trinajstić information content (AvgIpc) is 3.31. The number of rotatable bonds is 11. The molecule has 1 heterocycles. The quantitative estimate of drug-likeness (QED) is 0.195. The lowest BCUT2D eigenvalue weighted by atomic mass is 9.52. The van der Waals surface area contributed by atoms with Crippen molar-refractivity contribution in [3.63, 3.8) is 0 Å². The van der Waals surface area contributed by atoms with Crippen LogP contribution in [-0.4, -0.2) is 82.1 Å². The molecule has 1 aromatic rings. The summed E-state index contributed by atoms with van der Waals surface area (Å²) in [6, 6.07) is 0.715. The molecule has 0 unspecified atom stereocenters. The lowest BCUT2D eigenvalue weighted by molar-refractivity contribution is -0.168. The van der Waals surface area contributed by atoms with Crippen molar-refractivity contribution in [2.75, 3.05) is 7.05 Å². The minimum absolute atomic E-state index is 0.0806. The number of benzene rings is 1. The zero-order valence-corrected chi connectivity index (χ0v) is 23.4. The number of hydrogen-bond acceptors (Lipinski definition) is 11. The smallest absolute Gasteiger partial charge is 0.352 e. The molecule has 1 aliphatic heterocycles. The summed E-state index contributed by atoms with van der Waals surface area (Å²) in [6.07, 6.45) is -0.0595. The number of aliphatic hydroxyl groups is 1. The van der Waals surface area contributed by atoms with E-state index in [0.717, 1.165) is 5.56 Å². The van der Waals surface area contributed by atoms with Crippen LogP contribution in [0.4, 0.5) is 0 Å². The first-order chi connectivity index (χ1) is 19.3. The molecule has 13 nitrogen and oxygen atoms in total. The number of nitrogens with one attached hydrogen (secondary N) is 2. The second kappa shape index (κ2) is 11.3. The largest absolute Gasteiger partial charge is 0.504 e. The van der Waals surface area contributed by atoms with Gasteiger partial charge in [-0.25, -0.2) is 9.59 Å². The predicted octanol–water partition coefficient (Wildman–Crippen LogP) is 0.136. The molecule has 1 aromatic carbocycles. The Kier molecular flexibility index (Phi) is 8.35. The standard InChI is InChI=1S/C28H37N3O10/c1-5-27-21-15-6-8-17(32)22(21)41-23(27)18(10-11-28(27,38)19(12-15)30-4)40-26(37)14(3)39-25(36)13(2)31-24(35)16(29)7-9-20(33)34/h6,8,10,13-14,16,19,23,30,32,38H,5,7,9,11-12,29H2,1-4H3,(H,31,35)(H,33,34)/t13-,14-,16-,19+,23-,27-,28+/m0/s1. The fourth-order valence-corrected chi connectivity index (χ4v) is 6.29. The van der Waals surface area contributed by atoms with E-state index in [4.69, 9.17) is 25.1 Å². The van der Waals surface area contributed by atoms with E-state index in [9.17, 15) is 29.4 Å². The Morgan fingerprint density at radius 1 is 1.22 bits per heavy atom. The highest BCUT2D eigenvalue weighted by Gasteiger charge is 2.69. The zero-order valence-electron chi connectivity index (χ0n) is 23.4. The van der Waals surface area contributed by atoms with Gasteiger partial charge in [0.25, 0.3) is 0 Å². The van der Waals surface area contributed by atoms with Gasteiger partial charge >= 0.3 is 17.9 Å². The third-order valence-corrected chi connectivity index (χ3v) is 8.47. The second-order valence-electron chi connectivity index (χ2n) is 10.8. The number of aromatic hydroxyl groups is 1. The van der Waals surface area contributed by atoms with Crippen molar-refractivity contribution in [1.29, 1.82) is 0 Å². The molecule has 0 bridgehead atoms. The molecule has 0 saturated heterocycles. The Hall–Kier alpha value is -3.68. The number of ether oxygens (including phenoxy) is 3. The molecule has 2 aliphatic carbocycles. The maximum atomic E-state index is 13.0. The van der Waals surface area contributed by atoms with Crippen LogP contribution in [0.3, 0.4) is 0 Å². The zero-order chi connectivity index (χ0) is 30.3. The number of aliphatic carboxylic acids is 1. The van der Waals surface area contributed by atoms with E-state index < -0.39 is 59.1 Å². The minimum atomic E-state index is -1.37.